The molecule has 0 aliphatic heterocycles. The van der Waals surface area contributed by atoms with Gasteiger partial charge in [0.25, 0.3) is 0 Å². The zero-order chi connectivity index (χ0) is 10.3. The molecule has 3 nitrogen and oxygen atoms in total. The molecule has 0 fully saturated rings. The highest BCUT2D eigenvalue weighted by atomic mass is 127. The summed E-state index contributed by atoms with van der Waals surface area (Å²) in [4.78, 5) is 0. The van der Waals surface area contributed by atoms with E-state index in [-0.39, 0.29) is 5.75 Å². The Morgan fingerprint density at radius 2 is 2.00 bits per heavy atom. The number of thiophene rings is 1. The topological polar surface area (TPSA) is 60.7 Å². The summed E-state index contributed by atoms with van der Waals surface area (Å²) >= 11 is 3.41. The first kappa shape index (κ1) is 10.2. The molecule has 0 bridgehead atoms. The zero-order valence-corrected chi connectivity index (χ0v) is 9.91. The molecule has 72 valence electrons. The minimum atomic E-state index is -1.49. The van der Waals surface area contributed by atoms with Gasteiger partial charge in [-0.15, -0.1) is 11.3 Å². The van der Waals surface area contributed by atoms with Crippen LogP contribution in [0.4, 0.5) is 0 Å². The fraction of sp³-hybridized carbons (Fsp3) is 0. The molecule has 3 N–H and O–H groups in total. The van der Waals surface area contributed by atoms with Crippen LogP contribution in [-0.2, 0) is 0 Å². The van der Waals surface area contributed by atoms with Crippen molar-refractivity contribution in [3.8, 4) is 5.75 Å². The highest BCUT2D eigenvalue weighted by Crippen LogP contribution is 2.31. The van der Waals surface area contributed by atoms with Gasteiger partial charge in [-0.3, -0.25) is 0 Å². The molecular formula is C8H6BIO3S. The summed E-state index contributed by atoms with van der Waals surface area (Å²) in [7, 11) is -1.49. The van der Waals surface area contributed by atoms with Crippen LogP contribution in [0.5, 0.6) is 5.75 Å². The first-order valence-electron chi connectivity index (χ1n) is 3.86. The summed E-state index contributed by atoms with van der Waals surface area (Å²) in [5.74, 6) is 0.178. The van der Waals surface area contributed by atoms with Gasteiger partial charge in [-0.1, -0.05) is 0 Å². The van der Waals surface area contributed by atoms with Crippen molar-refractivity contribution >= 4 is 56.6 Å². The third-order valence-corrected chi connectivity index (χ3v) is 3.88. The Kier molecular flexibility index (Phi) is 2.69. The molecule has 1 aromatic carbocycles. The predicted molar refractivity (Wildman–Crippen MR) is 66.0 cm³/mol. The summed E-state index contributed by atoms with van der Waals surface area (Å²) in [6, 6.07) is 3.35. The van der Waals surface area contributed by atoms with E-state index in [2.05, 4.69) is 22.6 Å². The van der Waals surface area contributed by atoms with Gasteiger partial charge in [0.2, 0.25) is 0 Å². The molecule has 0 saturated carbocycles. The second-order valence-corrected chi connectivity index (χ2v) is 4.88. The standard InChI is InChI=1S/C8H6BIO3S/c10-5-1-2-6(11)8-7(5)4(3-14-8)9(12)13/h1-3,11-13H. The predicted octanol–water partition coefficient (Wildman–Crippen LogP) is 0.891. The van der Waals surface area contributed by atoms with E-state index in [4.69, 9.17) is 10.0 Å². The van der Waals surface area contributed by atoms with Crippen molar-refractivity contribution in [2.75, 3.05) is 0 Å². The molecule has 0 spiro atoms. The maximum Gasteiger partial charge on any atom is 0.489 e. The van der Waals surface area contributed by atoms with Gasteiger partial charge in [0.1, 0.15) is 5.75 Å². The number of benzene rings is 1. The SMILES string of the molecule is OB(O)c1csc2c(O)ccc(I)c12. The Morgan fingerprint density at radius 1 is 1.29 bits per heavy atom. The summed E-state index contributed by atoms with van der Waals surface area (Å²) < 4.78 is 1.60. The van der Waals surface area contributed by atoms with Crippen molar-refractivity contribution in [3.05, 3.63) is 21.1 Å². The Balaban J connectivity index is 2.84. The molecule has 0 amide bonds. The lowest BCUT2D eigenvalue weighted by molar-refractivity contribution is 0.426. The molecule has 0 aliphatic carbocycles. The van der Waals surface area contributed by atoms with Crippen molar-refractivity contribution in [1.82, 2.24) is 0 Å². The number of fused-ring (bicyclic) bond motifs is 1. The third kappa shape index (κ3) is 1.52. The lowest BCUT2D eigenvalue weighted by atomic mass is 9.80. The van der Waals surface area contributed by atoms with Crippen LogP contribution in [0, 0.1) is 3.57 Å². The minimum Gasteiger partial charge on any atom is -0.506 e. The monoisotopic (exact) mass is 320 g/mol. The quantitative estimate of drug-likeness (QED) is 0.540. The van der Waals surface area contributed by atoms with Crippen molar-refractivity contribution in [2.24, 2.45) is 0 Å². The second kappa shape index (κ2) is 3.69. The van der Waals surface area contributed by atoms with Crippen LogP contribution < -0.4 is 5.46 Å². The Hall–Kier alpha value is -0.305. The molecule has 1 heterocycles. The average molecular weight is 320 g/mol. The highest BCUT2D eigenvalue weighted by molar-refractivity contribution is 14.1. The van der Waals surface area contributed by atoms with Crippen LogP contribution in [-0.4, -0.2) is 22.3 Å². The molecule has 0 aliphatic rings. The van der Waals surface area contributed by atoms with Crippen LogP contribution in [0.1, 0.15) is 0 Å². The van der Waals surface area contributed by atoms with Crippen LogP contribution in [0.3, 0.4) is 0 Å². The smallest absolute Gasteiger partial charge is 0.489 e. The normalized spacial score (nSPS) is 10.8. The lowest BCUT2D eigenvalue weighted by Crippen LogP contribution is -2.29. The van der Waals surface area contributed by atoms with E-state index in [1.165, 1.54) is 11.3 Å². The number of hydrogen-bond donors (Lipinski definition) is 3. The molecule has 6 heteroatoms. The Labute approximate surface area is 98.3 Å². The van der Waals surface area contributed by atoms with Gasteiger partial charge >= 0.3 is 7.12 Å². The summed E-state index contributed by atoms with van der Waals surface area (Å²) in [5, 5.41) is 30.1. The van der Waals surface area contributed by atoms with Crippen molar-refractivity contribution in [3.63, 3.8) is 0 Å². The molecule has 0 radical (unpaired) electrons. The lowest BCUT2D eigenvalue weighted by Gasteiger charge is -2.00. The van der Waals surface area contributed by atoms with Crippen LogP contribution >= 0.6 is 33.9 Å². The van der Waals surface area contributed by atoms with E-state index in [0.717, 1.165) is 8.96 Å². The fourth-order valence-electron chi connectivity index (χ4n) is 1.31. The molecule has 14 heavy (non-hydrogen) atoms. The number of halogens is 1. The molecule has 0 unspecified atom stereocenters. The molecule has 0 atom stereocenters. The Bertz CT molecular complexity index is 483. The number of phenols is 1. The van der Waals surface area contributed by atoms with Gasteiger partial charge < -0.3 is 15.2 Å². The molecule has 2 aromatic rings. The second-order valence-electron chi connectivity index (χ2n) is 2.84. The van der Waals surface area contributed by atoms with E-state index in [9.17, 15) is 5.11 Å². The molecular weight excluding hydrogens is 314 g/mol. The number of phenolic OH excluding ortho intramolecular Hbond substituents is 1. The van der Waals surface area contributed by atoms with Gasteiger partial charge in [-0.25, -0.2) is 0 Å². The van der Waals surface area contributed by atoms with Gasteiger partial charge in [0, 0.05) is 14.4 Å². The van der Waals surface area contributed by atoms with E-state index in [1.54, 1.807) is 17.5 Å². The van der Waals surface area contributed by atoms with Crippen molar-refractivity contribution < 1.29 is 15.2 Å². The average Bonchev–Trinajstić information content (AvgIpc) is 2.56. The maximum absolute atomic E-state index is 9.53. The first-order valence-corrected chi connectivity index (χ1v) is 5.82. The molecule has 1 aromatic heterocycles. The fourth-order valence-corrected chi connectivity index (χ4v) is 3.27. The van der Waals surface area contributed by atoms with E-state index >= 15 is 0 Å². The van der Waals surface area contributed by atoms with E-state index in [1.807, 2.05) is 0 Å². The van der Waals surface area contributed by atoms with Crippen LogP contribution in [0.2, 0.25) is 0 Å². The van der Waals surface area contributed by atoms with Gasteiger partial charge in [-0.05, 0) is 40.1 Å². The largest absolute Gasteiger partial charge is 0.506 e. The van der Waals surface area contributed by atoms with Crippen LogP contribution in [0.15, 0.2) is 17.5 Å². The Morgan fingerprint density at radius 3 is 2.64 bits per heavy atom. The summed E-state index contributed by atoms with van der Waals surface area (Å²) in [6.07, 6.45) is 0. The van der Waals surface area contributed by atoms with E-state index in [0.29, 0.717) is 10.2 Å². The van der Waals surface area contributed by atoms with Crippen molar-refractivity contribution in [1.29, 1.82) is 0 Å². The number of hydrogen-bond acceptors (Lipinski definition) is 4. The van der Waals surface area contributed by atoms with E-state index < -0.39 is 7.12 Å². The molecule has 0 saturated heterocycles. The highest BCUT2D eigenvalue weighted by Gasteiger charge is 2.19. The number of aromatic hydroxyl groups is 1. The van der Waals surface area contributed by atoms with Crippen LogP contribution in [0.25, 0.3) is 10.1 Å². The minimum absolute atomic E-state index is 0.178. The summed E-state index contributed by atoms with van der Waals surface area (Å²) in [5.41, 5.74) is 0.449. The molecule has 2 rings (SSSR count). The zero-order valence-electron chi connectivity index (χ0n) is 6.94. The van der Waals surface area contributed by atoms with Gasteiger partial charge in [0.05, 0.1) is 4.70 Å². The van der Waals surface area contributed by atoms with Gasteiger partial charge in [0.15, 0.2) is 0 Å². The first-order chi connectivity index (χ1) is 6.61. The maximum atomic E-state index is 9.53. The van der Waals surface area contributed by atoms with Gasteiger partial charge in [-0.2, -0.15) is 0 Å². The summed E-state index contributed by atoms with van der Waals surface area (Å²) in [6.45, 7) is 0. The number of rotatable bonds is 1. The van der Waals surface area contributed by atoms with Crippen molar-refractivity contribution in [2.45, 2.75) is 0 Å². The third-order valence-electron chi connectivity index (χ3n) is 1.96.